The standard InChI is InChI=1S/C25H23N5O2S2/c26-13-18-4-6-19(7-5-18)14-28-8-2-9-29(11-10-28)22(31)15-30-17-27-24-23(25(30)32)20(16-34-24)21-3-1-12-33-21/h1,3-7,12,16-17H,2,8-11,14-15H2. The van der Waals surface area contributed by atoms with Crippen LogP contribution in [0.15, 0.2) is 58.3 Å². The van der Waals surface area contributed by atoms with Crippen LogP contribution in [0.1, 0.15) is 17.5 Å². The fraction of sp³-hybridized carbons (Fsp3) is 0.280. The largest absolute Gasteiger partial charge is 0.340 e. The third kappa shape index (κ3) is 4.66. The number of benzene rings is 1. The molecule has 1 aliphatic rings. The van der Waals surface area contributed by atoms with E-state index in [1.807, 2.05) is 52.1 Å². The molecule has 7 nitrogen and oxygen atoms in total. The molecule has 1 aromatic carbocycles. The van der Waals surface area contributed by atoms with E-state index in [-0.39, 0.29) is 18.0 Å². The maximum atomic E-state index is 13.2. The molecule has 0 bridgehead atoms. The predicted molar refractivity (Wildman–Crippen MR) is 135 cm³/mol. The lowest BCUT2D eigenvalue weighted by atomic mass is 10.1. The van der Waals surface area contributed by atoms with Gasteiger partial charge in [-0.25, -0.2) is 4.98 Å². The topological polar surface area (TPSA) is 82.2 Å². The number of hydrogen-bond acceptors (Lipinski definition) is 7. The summed E-state index contributed by atoms with van der Waals surface area (Å²) in [6, 6.07) is 13.7. The Bertz CT molecular complexity index is 1400. The van der Waals surface area contributed by atoms with Crippen LogP contribution >= 0.6 is 22.7 Å². The lowest BCUT2D eigenvalue weighted by Crippen LogP contribution is -2.39. The molecule has 4 aromatic rings. The van der Waals surface area contributed by atoms with E-state index in [0.717, 1.165) is 42.1 Å². The molecule has 0 radical (unpaired) electrons. The third-order valence-corrected chi connectivity index (χ3v) is 7.87. The van der Waals surface area contributed by atoms with Crippen molar-refractivity contribution in [3.8, 4) is 16.5 Å². The highest BCUT2D eigenvalue weighted by Crippen LogP contribution is 2.33. The maximum Gasteiger partial charge on any atom is 0.263 e. The molecule has 0 aliphatic carbocycles. The summed E-state index contributed by atoms with van der Waals surface area (Å²) >= 11 is 3.04. The van der Waals surface area contributed by atoms with Gasteiger partial charge in [0.05, 0.1) is 23.3 Å². The quantitative estimate of drug-likeness (QED) is 0.426. The van der Waals surface area contributed by atoms with E-state index in [2.05, 4.69) is 16.0 Å². The lowest BCUT2D eigenvalue weighted by molar-refractivity contribution is -0.131. The van der Waals surface area contributed by atoms with Crippen molar-refractivity contribution in [3.63, 3.8) is 0 Å². The highest BCUT2D eigenvalue weighted by atomic mass is 32.1. The van der Waals surface area contributed by atoms with Crippen molar-refractivity contribution in [1.82, 2.24) is 19.4 Å². The van der Waals surface area contributed by atoms with Crippen LogP contribution in [0.4, 0.5) is 0 Å². The van der Waals surface area contributed by atoms with Gasteiger partial charge in [0.25, 0.3) is 5.56 Å². The van der Waals surface area contributed by atoms with Gasteiger partial charge in [0.2, 0.25) is 5.91 Å². The van der Waals surface area contributed by atoms with Crippen molar-refractivity contribution in [2.75, 3.05) is 26.2 Å². The fourth-order valence-electron chi connectivity index (χ4n) is 4.26. The minimum Gasteiger partial charge on any atom is -0.340 e. The Balaban J connectivity index is 1.26. The summed E-state index contributed by atoms with van der Waals surface area (Å²) in [5, 5.41) is 13.5. The Labute approximate surface area is 205 Å². The first-order chi connectivity index (χ1) is 16.6. The average molecular weight is 490 g/mol. The van der Waals surface area contributed by atoms with Gasteiger partial charge in [-0.1, -0.05) is 18.2 Å². The number of nitrogens with zero attached hydrogens (tertiary/aromatic N) is 5. The van der Waals surface area contributed by atoms with Crippen molar-refractivity contribution in [3.05, 3.63) is 75.0 Å². The summed E-state index contributed by atoms with van der Waals surface area (Å²) in [6.07, 6.45) is 2.37. The Morgan fingerprint density at radius 3 is 2.71 bits per heavy atom. The zero-order valence-corrected chi connectivity index (χ0v) is 20.1. The fourth-order valence-corrected chi connectivity index (χ4v) is 5.98. The van der Waals surface area contributed by atoms with Crippen LogP contribution in [0.3, 0.4) is 0 Å². The number of amides is 1. The van der Waals surface area contributed by atoms with Crippen LogP contribution in [0, 0.1) is 11.3 Å². The molecule has 1 fully saturated rings. The molecule has 34 heavy (non-hydrogen) atoms. The van der Waals surface area contributed by atoms with Crippen LogP contribution in [-0.2, 0) is 17.9 Å². The Morgan fingerprint density at radius 2 is 1.94 bits per heavy atom. The van der Waals surface area contributed by atoms with Gasteiger partial charge in [-0.15, -0.1) is 22.7 Å². The smallest absolute Gasteiger partial charge is 0.263 e. The van der Waals surface area contributed by atoms with Gasteiger partial charge in [-0.05, 0) is 35.6 Å². The summed E-state index contributed by atoms with van der Waals surface area (Å²) in [7, 11) is 0. The zero-order valence-electron chi connectivity index (χ0n) is 18.5. The summed E-state index contributed by atoms with van der Waals surface area (Å²) in [4.78, 5) is 36.7. The molecular formula is C25H23N5O2S2. The first-order valence-electron chi connectivity index (χ1n) is 11.1. The van der Waals surface area contributed by atoms with Gasteiger partial charge in [0.1, 0.15) is 11.4 Å². The van der Waals surface area contributed by atoms with Gasteiger partial charge in [-0.3, -0.25) is 19.1 Å². The molecule has 3 aromatic heterocycles. The number of rotatable bonds is 5. The second kappa shape index (κ2) is 9.89. The van der Waals surface area contributed by atoms with E-state index < -0.39 is 0 Å². The predicted octanol–water partition coefficient (Wildman–Crippen LogP) is 3.79. The number of aromatic nitrogens is 2. The number of fused-ring (bicyclic) bond motifs is 1. The van der Waals surface area contributed by atoms with Crippen molar-refractivity contribution < 1.29 is 4.79 Å². The number of thiophene rings is 2. The average Bonchev–Trinajstić information content (AvgIpc) is 3.48. The molecule has 0 saturated carbocycles. The lowest BCUT2D eigenvalue weighted by Gasteiger charge is -2.22. The van der Waals surface area contributed by atoms with Crippen LogP contribution in [0.25, 0.3) is 20.7 Å². The van der Waals surface area contributed by atoms with Gasteiger partial charge in [-0.2, -0.15) is 5.26 Å². The van der Waals surface area contributed by atoms with E-state index in [0.29, 0.717) is 28.9 Å². The number of carbonyl (C=O) groups is 1. The van der Waals surface area contributed by atoms with E-state index in [1.165, 1.54) is 22.2 Å². The molecule has 0 N–H and O–H groups in total. The normalized spacial score (nSPS) is 14.7. The molecule has 0 unspecified atom stereocenters. The molecule has 172 valence electrons. The molecular weight excluding hydrogens is 466 g/mol. The van der Waals surface area contributed by atoms with E-state index in [1.54, 1.807) is 11.3 Å². The molecule has 1 amide bonds. The maximum absolute atomic E-state index is 13.2. The van der Waals surface area contributed by atoms with Crippen LogP contribution in [-0.4, -0.2) is 51.4 Å². The second-order valence-electron chi connectivity index (χ2n) is 8.30. The Hall–Kier alpha value is -3.32. The zero-order chi connectivity index (χ0) is 23.5. The number of nitriles is 1. The molecule has 0 spiro atoms. The minimum absolute atomic E-state index is 0.00285. The minimum atomic E-state index is -0.166. The number of carbonyl (C=O) groups excluding carboxylic acids is 1. The monoisotopic (exact) mass is 489 g/mol. The molecule has 1 saturated heterocycles. The molecule has 1 aliphatic heterocycles. The first kappa shape index (κ1) is 22.5. The van der Waals surface area contributed by atoms with Crippen molar-refractivity contribution >= 4 is 38.8 Å². The summed E-state index contributed by atoms with van der Waals surface area (Å²) in [5.41, 5.74) is 2.54. The van der Waals surface area contributed by atoms with Gasteiger partial charge >= 0.3 is 0 Å². The van der Waals surface area contributed by atoms with Crippen molar-refractivity contribution in [2.45, 2.75) is 19.5 Å². The molecule has 4 heterocycles. The highest BCUT2D eigenvalue weighted by molar-refractivity contribution is 7.18. The van der Waals surface area contributed by atoms with Gasteiger partial charge < -0.3 is 4.90 Å². The van der Waals surface area contributed by atoms with Crippen molar-refractivity contribution in [1.29, 1.82) is 5.26 Å². The summed E-state index contributed by atoms with van der Waals surface area (Å²) in [5.74, 6) is -0.0589. The first-order valence-corrected chi connectivity index (χ1v) is 12.9. The third-order valence-electron chi connectivity index (χ3n) is 6.08. The van der Waals surface area contributed by atoms with Crippen LogP contribution in [0.5, 0.6) is 0 Å². The summed E-state index contributed by atoms with van der Waals surface area (Å²) in [6.45, 7) is 3.75. The van der Waals surface area contributed by atoms with E-state index >= 15 is 0 Å². The van der Waals surface area contributed by atoms with Gasteiger partial charge in [0.15, 0.2) is 0 Å². The molecule has 0 atom stereocenters. The SMILES string of the molecule is N#Cc1ccc(CN2CCCN(C(=O)Cn3cnc4scc(-c5cccs5)c4c3=O)CC2)cc1. The molecule has 9 heteroatoms. The number of hydrogen-bond donors (Lipinski definition) is 0. The Morgan fingerprint density at radius 1 is 1.09 bits per heavy atom. The van der Waals surface area contributed by atoms with E-state index in [4.69, 9.17) is 5.26 Å². The highest BCUT2D eigenvalue weighted by Gasteiger charge is 2.21. The Kier molecular flexibility index (Phi) is 6.54. The van der Waals surface area contributed by atoms with E-state index in [9.17, 15) is 9.59 Å². The van der Waals surface area contributed by atoms with Gasteiger partial charge in [0, 0.05) is 48.5 Å². The summed E-state index contributed by atoms with van der Waals surface area (Å²) < 4.78 is 1.44. The van der Waals surface area contributed by atoms with Crippen molar-refractivity contribution in [2.24, 2.45) is 0 Å². The van der Waals surface area contributed by atoms with Crippen LogP contribution in [0.2, 0.25) is 0 Å². The van der Waals surface area contributed by atoms with Crippen LogP contribution < -0.4 is 5.56 Å². The molecule has 5 rings (SSSR count). The second-order valence-corrected chi connectivity index (χ2v) is 10.1.